The summed E-state index contributed by atoms with van der Waals surface area (Å²) < 4.78 is 38.5. The molecule has 4 nitrogen and oxygen atoms in total. The van der Waals surface area contributed by atoms with Crippen LogP contribution in [0, 0.1) is 17.2 Å². The Morgan fingerprint density at radius 2 is 2.10 bits per heavy atom. The summed E-state index contributed by atoms with van der Waals surface area (Å²) in [7, 11) is 0. The first-order valence-corrected chi connectivity index (χ1v) is 6.87. The van der Waals surface area contributed by atoms with E-state index in [9.17, 15) is 13.2 Å². The molecule has 2 rings (SSSR count). The highest BCUT2D eigenvalue weighted by atomic mass is 19.4. The molecule has 2 heterocycles. The fourth-order valence-corrected chi connectivity index (χ4v) is 2.58. The van der Waals surface area contributed by atoms with Gasteiger partial charge in [0.05, 0.1) is 5.56 Å². The van der Waals surface area contributed by atoms with Gasteiger partial charge in [0, 0.05) is 13.1 Å². The number of halogens is 3. The molecule has 3 N–H and O–H groups in total. The molecule has 1 aromatic rings. The minimum absolute atomic E-state index is 0.167. The zero-order valence-electron chi connectivity index (χ0n) is 12.0. The van der Waals surface area contributed by atoms with E-state index in [1.54, 1.807) is 4.90 Å². The van der Waals surface area contributed by atoms with Gasteiger partial charge in [0.25, 0.3) is 0 Å². The number of amidine groups is 1. The maximum Gasteiger partial charge on any atom is 0.433 e. The molecule has 0 spiro atoms. The zero-order chi connectivity index (χ0) is 15.8. The third-order valence-corrected chi connectivity index (χ3v) is 3.92. The molecule has 1 aliphatic heterocycles. The van der Waals surface area contributed by atoms with Crippen LogP contribution >= 0.6 is 0 Å². The summed E-state index contributed by atoms with van der Waals surface area (Å²) in [5.41, 5.74) is 4.78. The van der Waals surface area contributed by atoms with E-state index in [-0.39, 0.29) is 17.2 Å². The highest BCUT2D eigenvalue weighted by molar-refractivity contribution is 5.99. The molecule has 0 aromatic carbocycles. The topological polar surface area (TPSA) is 66.0 Å². The fraction of sp³-hybridized carbons (Fsp3) is 0.571. The van der Waals surface area contributed by atoms with Crippen molar-refractivity contribution < 1.29 is 13.2 Å². The van der Waals surface area contributed by atoms with Gasteiger partial charge in [-0.15, -0.1) is 0 Å². The summed E-state index contributed by atoms with van der Waals surface area (Å²) in [5.74, 6) is 0.780. The van der Waals surface area contributed by atoms with E-state index in [1.807, 2.05) is 0 Å². The molecule has 0 saturated carbocycles. The van der Waals surface area contributed by atoms with E-state index < -0.39 is 11.9 Å². The third-order valence-electron chi connectivity index (χ3n) is 3.92. The molecule has 7 heteroatoms. The lowest BCUT2D eigenvalue weighted by molar-refractivity contribution is -0.141. The second-order valence-electron chi connectivity index (χ2n) is 5.72. The average Bonchev–Trinajstić information content (AvgIpc) is 2.86. The van der Waals surface area contributed by atoms with E-state index in [1.165, 1.54) is 6.07 Å². The van der Waals surface area contributed by atoms with Crippen molar-refractivity contribution in [3.8, 4) is 0 Å². The number of aromatic nitrogens is 1. The second-order valence-corrected chi connectivity index (χ2v) is 5.72. The Balaban J connectivity index is 2.38. The van der Waals surface area contributed by atoms with Crippen molar-refractivity contribution >= 4 is 11.7 Å². The molecule has 0 amide bonds. The standard InChI is InChI=1S/C14H19F3N4/c1-8(2)9-5-6-21(7-9)13-10(12(18)19)3-4-11(20-13)14(15,16)17/h3-4,8-9H,5-7H2,1-2H3,(H3,18,19). The van der Waals surface area contributed by atoms with Gasteiger partial charge in [-0.25, -0.2) is 4.98 Å². The van der Waals surface area contributed by atoms with Crippen LogP contribution in [-0.4, -0.2) is 23.9 Å². The summed E-state index contributed by atoms with van der Waals surface area (Å²) in [6, 6.07) is 2.10. The minimum Gasteiger partial charge on any atom is -0.384 e. The van der Waals surface area contributed by atoms with Crippen LogP contribution in [-0.2, 0) is 6.18 Å². The van der Waals surface area contributed by atoms with Crippen LogP contribution in [0.3, 0.4) is 0 Å². The van der Waals surface area contributed by atoms with Crippen molar-refractivity contribution in [2.24, 2.45) is 17.6 Å². The molecular formula is C14H19F3N4. The number of nitrogens with zero attached hydrogens (tertiary/aromatic N) is 2. The number of hydrogen-bond donors (Lipinski definition) is 2. The maximum absolute atomic E-state index is 12.8. The van der Waals surface area contributed by atoms with Crippen molar-refractivity contribution in [1.82, 2.24) is 4.98 Å². The van der Waals surface area contributed by atoms with Crippen molar-refractivity contribution in [1.29, 1.82) is 5.41 Å². The highest BCUT2D eigenvalue weighted by Crippen LogP contribution is 2.33. The maximum atomic E-state index is 12.8. The Morgan fingerprint density at radius 3 is 2.57 bits per heavy atom. The van der Waals surface area contributed by atoms with Gasteiger partial charge in [-0.2, -0.15) is 13.2 Å². The van der Waals surface area contributed by atoms with Gasteiger partial charge in [0.15, 0.2) is 0 Å². The van der Waals surface area contributed by atoms with Crippen molar-refractivity contribution in [2.75, 3.05) is 18.0 Å². The summed E-state index contributed by atoms with van der Waals surface area (Å²) in [6.45, 7) is 5.48. The SMILES string of the molecule is CC(C)C1CCN(c2nc(C(F)(F)F)ccc2C(=N)N)C1. The quantitative estimate of drug-likeness (QED) is 0.666. The Labute approximate surface area is 121 Å². The van der Waals surface area contributed by atoms with Gasteiger partial charge >= 0.3 is 6.18 Å². The fourth-order valence-electron chi connectivity index (χ4n) is 2.58. The van der Waals surface area contributed by atoms with E-state index in [2.05, 4.69) is 18.8 Å². The van der Waals surface area contributed by atoms with Crippen molar-refractivity contribution in [3.63, 3.8) is 0 Å². The summed E-state index contributed by atoms with van der Waals surface area (Å²) in [6.07, 6.45) is -3.59. The molecule has 0 aliphatic carbocycles. The van der Waals surface area contributed by atoms with E-state index >= 15 is 0 Å². The van der Waals surface area contributed by atoms with Crippen LogP contribution in [0.5, 0.6) is 0 Å². The highest BCUT2D eigenvalue weighted by Gasteiger charge is 2.35. The van der Waals surface area contributed by atoms with Gasteiger partial charge < -0.3 is 10.6 Å². The van der Waals surface area contributed by atoms with Crippen LogP contribution in [0.4, 0.5) is 19.0 Å². The van der Waals surface area contributed by atoms with Gasteiger partial charge in [0.1, 0.15) is 17.3 Å². The lowest BCUT2D eigenvalue weighted by Gasteiger charge is -2.22. The number of nitrogen functional groups attached to an aromatic ring is 1. The molecule has 0 radical (unpaired) electrons. The molecule has 116 valence electrons. The van der Waals surface area contributed by atoms with Crippen LogP contribution in [0.1, 0.15) is 31.5 Å². The molecule has 1 unspecified atom stereocenters. The number of rotatable bonds is 3. The monoisotopic (exact) mass is 300 g/mol. The molecule has 1 atom stereocenters. The smallest absolute Gasteiger partial charge is 0.384 e. The first kappa shape index (κ1) is 15.6. The van der Waals surface area contributed by atoms with E-state index in [0.29, 0.717) is 24.9 Å². The first-order valence-electron chi connectivity index (χ1n) is 6.87. The Bertz CT molecular complexity index is 540. The predicted molar refractivity (Wildman–Crippen MR) is 75.4 cm³/mol. The van der Waals surface area contributed by atoms with E-state index in [0.717, 1.165) is 12.5 Å². The molecule has 0 bridgehead atoms. The second kappa shape index (κ2) is 5.54. The largest absolute Gasteiger partial charge is 0.433 e. The van der Waals surface area contributed by atoms with Gasteiger partial charge in [-0.1, -0.05) is 13.8 Å². The molecule has 1 fully saturated rings. The average molecular weight is 300 g/mol. The molecule has 1 saturated heterocycles. The molecule has 1 aliphatic rings. The number of nitrogens with one attached hydrogen (secondary N) is 1. The van der Waals surface area contributed by atoms with Crippen LogP contribution in [0.25, 0.3) is 0 Å². The van der Waals surface area contributed by atoms with Gasteiger partial charge in [-0.05, 0) is 30.4 Å². The number of alkyl halides is 3. The summed E-state index contributed by atoms with van der Waals surface area (Å²) in [4.78, 5) is 5.52. The Hall–Kier alpha value is -1.79. The van der Waals surface area contributed by atoms with Crippen molar-refractivity contribution in [3.05, 3.63) is 23.4 Å². The van der Waals surface area contributed by atoms with Crippen LogP contribution in [0.15, 0.2) is 12.1 Å². The van der Waals surface area contributed by atoms with Crippen LogP contribution < -0.4 is 10.6 Å². The normalized spacial score (nSPS) is 19.3. The summed E-state index contributed by atoms with van der Waals surface area (Å²) in [5, 5.41) is 7.53. The zero-order valence-corrected chi connectivity index (χ0v) is 12.0. The third kappa shape index (κ3) is 3.28. The Kier molecular flexibility index (Phi) is 4.11. The van der Waals surface area contributed by atoms with Gasteiger partial charge in [0.2, 0.25) is 0 Å². The van der Waals surface area contributed by atoms with Gasteiger partial charge in [-0.3, -0.25) is 5.41 Å². The molecule has 21 heavy (non-hydrogen) atoms. The van der Waals surface area contributed by atoms with E-state index in [4.69, 9.17) is 11.1 Å². The number of hydrogen-bond acceptors (Lipinski definition) is 3. The first-order chi connectivity index (χ1) is 9.70. The summed E-state index contributed by atoms with van der Waals surface area (Å²) >= 11 is 0. The Morgan fingerprint density at radius 1 is 1.43 bits per heavy atom. The number of pyridine rings is 1. The van der Waals surface area contributed by atoms with Crippen molar-refractivity contribution in [2.45, 2.75) is 26.4 Å². The predicted octanol–water partition coefficient (Wildman–Crippen LogP) is 2.87. The molecule has 1 aromatic heterocycles. The number of nitrogens with two attached hydrogens (primary N) is 1. The number of anilines is 1. The molecular weight excluding hydrogens is 281 g/mol. The van der Waals surface area contributed by atoms with Crippen LogP contribution in [0.2, 0.25) is 0 Å². The lowest BCUT2D eigenvalue weighted by atomic mass is 9.95. The minimum atomic E-state index is -4.50. The lowest BCUT2D eigenvalue weighted by Crippen LogP contribution is -2.27.